The Balaban J connectivity index is 1.62. The first-order valence-corrected chi connectivity index (χ1v) is 8.34. The number of nitrogens with one attached hydrogen (secondary N) is 1. The molecule has 4 nitrogen and oxygen atoms in total. The molecule has 0 unspecified atom stereocenters. The van der Waals surface area contributed by atoms with E-state index in [2.05, 4.69) is 5.32 Å². The molecule has 2 aromatic carbocycles. The summed E-state index contributed by atoms with van der Waals surface area (Å²) in [7, 11) is 0. The standard InChI is InChI=1S/C20H21FN2O2/c1-13-3-8-18(9-14(13)2)23-12-16(10-19(23)24)20(25)22-11-15-4-6-17(21)7-5-15/h3-9,16H,10-12H2,1-2H3,(H,22,25)/t16-/m1/s1. The zero-order valence-electron chi connectivity index (χ0n) is 14.4. The van der Waals surface area contributed by atoms with Crippen LogP contribution in [0.3, 0.4) is 0 Å². The van der Waals surface area contributed by atoms with Crippen molar-refractivity contribution in [2.24, 2.45) is 5.92 Å². The number of rotatable bonds is 4. The number of halogens is 1. The Labute approximate surface area is 146 Å². The van der Waals surface area contributed by atoms with Gasteiger partial charge in [-0.1, -0.05) is 18.2 Å². The molecule has 2 amide bonds. The zero-order valence-corrected chi connectivity index (χ0v) is 14.4. The Bertz CT molecular complexity index is 802. The summed E-state index contributed by atoms with van der Waals surface area (Å²) in [6.45, 7) is 4.74. The second kappa shape index (κ2) is 7.05. The third-order valence-electron chi connectivity index (χ3n) is 4.68. The molecule has 1 aliphatic heterocycles. The molecule has 1 aliphatic rings. The van der Waals surface area contributed by atoms with Crippen molar-refractivity contribution in [1.82, 2.24) is 5.32 Å². The van der Waals surface area contributed by atoms with Crippen molar-refractivity contribution in [2.45, 2.75) is 26.8 Å². The molecular formula is C20H21FN2O2. The molecule has 1 heterocycles. The van der Waals surface area contributed by atoms with Gasteiger partial charge < -0.3 is 10.2 Å². The van der Waals surface area contributed by atoms with Gasteiger partial charge in [0.15, 0.2) is 0 Å². The van der Waals surface area contributed by atoms with Crippen LogP contribution in [0.2, 0.25) is 0 Å². The normalized spacial score (nSPS) is 17.0. The monoisotopic (exact) mass is 340 g/mol. The predicted octanol–water partition coefficient (Wildman–Crippen LogP) is 3.11. The molecule has 2 aromatic rings. The second-order valence-electron chi connectivity index (χ2n) is 6.52. The van der Waals surface area contributed by atoms with Gasteiger partial charge in [-0.25, -0.2) is 4.39 Å². The molecule has 0 aliphatic carbocycles. The van der Waals surface area contributed by atoms with Gasteiger partial charge in [0.25, 0.3) is 0 Å². The fraction of sp³-hybridized carbons (Fsp3) is 0.300. The minimum absolute atomic E-state index is 0.0369. The van der Waals surface area contributed by atoms with Crippen LogP contribution >= 0.6 is 0 Å². The van der Waals surface area contributed by atoms with E-state index in [-0.39, 0.29) is 30.0 Å². The highest BCUT2D eigenvalue weighted by Crippen LogP contribution is 2.27. The number of hydrogen-bond acceptors (Lipinski definition) is 2. The lowest BCUT2D eigenvalue weighted by molar-refractivity contribution is -0.126. The van der Waals surface area contributed by atoms with Crippen molar-refractivity contribution in [3.63, 3.8) is 0 Å². The molecular weight excluding hydrogens is 319 g/mol. The van der Waals surface area contributed by atoms with E-state index in [1.165, 1.54) is 17.7 Å². The molecule has 0 aromatic heterocycles. The molecule has 5 heteroatoms. The van der Waals surface area contributed by atoms with Gasteiger partial charge in [-0.05, 0) is 54.8 Å². The molecule has 25 heavy (non-hydrogen) atoms. The summed E-state index contributed by atoms with van der Waals surface area (Å²) in [5.41, 5.74) is 3.95. The topological polar surface area (TPSA) is 49.4 Å². The number of carbonyl (C=O) groups excluding carboxylic acids is 2. The van der Waals surface area contributed by atoms with Crippen LogP contribution in [0.25, 0.3) is 0 Å². The molecule has 1 fully saturated rings. The minimum atomic E-state index is -0.366. The van der Waals surface area contributed by atoms with E-state index in [1.807, 2.05) is 32.0 Å². The molecule has 0 saturated carbocycles. The van der Waals surface area contributed by atoms with Crippen LogP contribution in [-0.4, -0.2) is 18.4 Å². The largest absolute Gasteiger partial charge is 0.352 e. The van der Waals surface area contributed by atoms with Gasteiger partial charge >= 0.3 is 0 Å². The van der Waals surface area contributed by atoms with Crippen molar-refractivity contribution >= 4 is 17.5 Å². The van der Waals surface area contributed by atoms with Gasteiger partial charge in [0.2, 0.25) is 11.8 Å². The van der Waals surface area contributed by atoms with E-state index in [9.17, 15) is 14.0 Å². The van der Waals surface area contributed by atoms with Crippen LogP contribution in [0.1, 0.15) is 23.1 Å². The number of hydrogen-bond donors (Lipinski definition) is 1. The number of carbonyl (C=O) groups is 2. The SMILES string of the molecule is Cc1ccc(N2C[C@H](C(=O)NCc3ccc(F)cc3)CC2=O)cc1C. The van der Waals surface area contributed by atoms with Crippen LogP contribution in [-0.2, 0) is 16.1 Å². The Morgan fingerprint density at radius 3 is 2.56 bits per heavy atom. The maximum absolute atomic E-state index is 12.9. The van der Waals surface area contributed by atoms with Gasteiger partial charge in [-0.3, -0.25) is 9.59 Å². The number of amides is 2. The Kier molecular flexibility index (Phi) is 4.83. The van der Waals surface area contributed by atoms with Crippen molar-refractivity contribution in [2.75, 3.05) is 11.4 Å². The third-order valence-corrected chi connectivity index (χ3v) is 4.68. The maximum atomic E-state index is 12.9. The van der Waals surface area contributed by atoms with E-state index in [0.717, 1.165) is 16.8 Å². The van der Waals surface area contributed by atoms with Gasteiger partial charge in [-0.15, -0.1) is 0 Å². The van der Waals surface area contributed by atoms with Crippen molar-refractivity contribution < 1.29 is 14.0 Å². The molecule has 130 valence electrons. The summed E-state index contributed by atoms with van der Waals surface area (Å²) in [5.74, 6) is -0.857. The fourth-order valence-corrected chi connectivity index (χ4v) is 2.96. The molecule has 1 N–H and O–H groups in total. The number of anilines is 1. The first-order chi connectivity index (χ1) is 11.9. The smallest absolute Gasteiger partial charge is 0.227 e. The summed E-state index contributed by atoms with van der Waals surface area (Å²) >= 11 is 0. The number of benzene rings is 2. The number of nitrogens with zero attached hydrogens (tertiary/aromatic N) is 1. The first-order valence-electron chi connectivity index (χ1n) is 8.34. The predicted molar refractivity (Wildman–Crippen MR) is 94.6 cm³/mol. The van der Waals surface area contributed by atoms with E-state index < -0.39 is 0 Å². The second-order valence-corrected chi connectivity index (χ2v) is 6.52. The van der Waals surface area contributed by atoms with E-state index in [1.54, 1.807) is 17.0 Å². The van der Waals surface area contributed by atoms with Crippen LogP contribution < -0.4 is 10.2 Å². The molecule has 0 spiro atoms. The maximum Gasteiger partial charge on any atom is 0.227 e. The lowest BCUT2D eigenvalue weighted by Crippen LogP contribution is -2.32. The average molecular weight is 340 g/mol. The Morgan fingerprint density at radius 1 is 1.16 bits per heavy atom. The highest BCUT2D eigenvalue weighted by molar-refractivity contribution is 6.00. The zero-order chi connectivity index (χ0) is 18.0. The Morgan fingerprint density at radius 2 is 1.88 bits per heavy atom. The van der Waals surface area contributed by atoms with Crippen molar-refractivity contribution in [1.29, 1.82) is 0 Å². The number of aryl methyl sites for hydroxylation is 2. The lowest BCUT2D eigenvalue weighted by atomic mass is 10.1. The summed E-state index contributed by atoms with van der Waals surface area (Å²) in [4.78, 5) is 26.3. The highest BCUT2D eigenvalue weighted by Gasteiger charge is 2.35. The van der Waals surface area contributed by atoms with Crippen LogP contribution in [0.15, 0.2) is 42.5 Å². The molecule has 1 saturated heterocycles. The third kappa shape index (κ3) is 3.87. The van der Waals surface area contributed by atoms with Crippen LogP contribution in [0, 0.1) is 25.6 Å². The molecule has 0 radical (unpaired) electrons. The van der Waals surface area contributed by atoms with Crippen molar-refractivity contribution in [3.05, 3.63) is 65.0 Å². The Hall–Kier alpha value is -2.69. The van der Waals surface area contributed by atoms with Crippen molar-refractivity contribution in [3.8, 4) is 0 Å². The van der Waals surface area contributed by atoms with E-state index >= 15 is 0 Å². The van der Waals surface area contributed by atoms with Crippen LogP contribution in [0.5, 0.6) is 0 Å². The summed E-state index contributed by atoms with van der Waals surface area (Å²) in [6.07, 6.45) is 0.210. The van der Waals surface area contributed by atoms with Gasteiger partial charge in [-0.2, -0.15) is 0 Å². The minimum Gasteiger partial charge on any atom is -0.352 e. The molecule has 3 rings (SSSR count). The lowest BCUT2D eigenvalue weighted by Gasteiger charge is -2.18. The molecule has 0 bridgehead atoms. The van der Waals surface area contributed by atoms with Gasteiger partial charge in [0.1, 0.15) is 5.82 Å². The van der Waals surface area contributed by atoms with E-state index in [0.29, 0.717) is 13.1 Å². The van der Waals surface area contributed by atoms with Gasteiger partial charge in [0.05, 0.1) is 5.92 Å². The highest BCUT2D eigenvalue weighted by atomic mass is 19.1. The quantitative estimate of drug-likeness (QED) is 0.930. The van der Waals surface area contributed by atoms with E-state index in [4.69, 9.17) is 0 Å². The van der Waals surface area contributed by atoms with Crippen LogP contribution in [0.4, 0.5) is 10.1 Å². The molecule has 1 atom stereocenters. The summed E-state index contributed by atoms with van der Waals surface area (Å²) in [6, 6.07) is 11.9. The summed E-state index contributed by atoms with van der Waals surface area (Å²) in [5, 5.41) is 2.83. The first kappa shape index (κ1) is 17.1. The van der Waals surface area contributed by atoms with Gasteiger partial charge in [0, 0.05) is 25.2 Å². The summed E-state index contributed by atoms with van der Waals surface area (Å²) < 4.78 is 12.9. The fourth-order valence-electron chi connectivity index (χ4n) is 2.96. The average Bonchev–Trinajstić information content (AvgIpc) is 2.98.